The topological polar surface area (TPSA) is 106 Å². The third kappa shape index (κ3) is 3.43. The Hall–Kier alpha value is -3.04. The van der Waals surface area contributed by atoms with Crippen molar-refractivity contribution >= 4 is 45.9 Å². The molecule has 0 bridgehead atoms. The number of pyridine rings is 1. The van der Waals surface area contributed by atoms with Crippen LogP contribution in [-0.2, 0) is 16.9 Å². The first-order valence-electron chi connectivity index (χ1n) is 12.1. The van der Waals surface area contributed by atoms with Crippen LogP contribution in [0.25, 0.3) is 11.0 Å². The number of likely N-dealkylation sites (tertiary alicyclic amines) is 1. The fraction of sp³-hybridized carbons (Fsp3) is 0.480. The molecule has 3 aliphatic rings. The molecule has 9 nitrogen and oxygen atoms in total. The van der Waals surface area contributed by atoms with E-state index in [1.54, 1.807) is 6.20 Å². The van der Waals surface area contributed by atoms with E-state index in [4.69, 9.17) is 22.3 Å². The van der Waals surface area contributed by atoms with E-state index in [2.05, 4.69) is 45.3 Å². The van der Waals surface area contributed by atoms with Gasteiger partial charge < -0.3 is 20.1 Å². The van der Waals surface area contributed by atoms with Gasteiger partial charge in [-0.3, -0.25) is 4.79 Å². The average molecular weight is 493 g/mol. The Morgan fingerprint density at radius 3 is 2.71 bits per heavy atom. The molecule has 6 rings (SSSR count). The van der Waals surface area contributed by atoms with Gasteiger partial charge in [0.15, 0.2) is 5.82 Å². The molecule has 10 heteroatoms. The van der Waals surface area contributed by atoms with Gasteiger partial charge in [-0.1, -0.05) is 6.07 Å². The van der Waals surface area contributed by atoms with Crippen LogP contribution in [-0.4, -0.2) is 67.6 Å². The lowest BCUT2D eigenvalue weighted by atomic mass is 9.92. The number of carbonyl (C=O) groups excluding carboxylic acids is 1. The molecule has 3 aromatic heterocycles. The summed E-state index contributed by atoms with van der Waals surface area (Å²) in [5.41, 5.74) is 10.1. The smallest absolute Gasteiger partial charge is 0.226 e. The summed E-state index contributed by atoms with van der Waals surface area (Å²) < 4.78 is 2.21. The van der Waals surface area contributed by atoms with E-state index < -0.39 is 10.9 Å². The van der Waals surface area contributed by atoms with Crippen molar-refractivity contribution in [1.29, 1.82) is 0 Å². The largest absolute Gasteiger partial charge is 0.383 e. The number of aromatic nitrogens is 4. The fourth-order valence-corrected chi connectivity index (χ4v) is 6.23. The minimum Gasteiger partial charge on any atom is -0.383 e. The van der Waals surface area contributed by atoms with Crippen LogP contribution in [0.3, 0.4) is 0 Å². The third-order valence-corrected chi connectivity index (χ3v) is 8.03. The monoisotopic (exact) mass is 492 g/mol. The standard InChI is InChI=1S/C25H29ClN8O/c1-25(2)12-33(24(35)14-6-9-32(3)10-7-14)11-16-17(18-21(27)29-13-30-23(18)34(16)25)20-19(26)15-5-4-8-28-22(15)31-20/h4-5,8,13-14,19H,6-7,9-12H2,1-3H3,(H2,27,29,30). The molecular weight excluding hydrogens is 464 g/mol. The van der Waals surface area contributed by atoms with Gasteiger partial charge in [0, 0.05) is 35.5 Å². The summed E-state index contributed by atoms with van der Waals surface area (Å²) >= 11 is 6.95. The molecule has 0 aliphatic carbocycles. The van der Waals surface area contributed by atoms with Gasteiger partial charge in [-0.25, -0.2) is 19.9 Å². The van der Waals surface area contributed by atoms with Crippen LogP contribution in [0.5, 0.6) is 0 Å². The van der Waals surface area contributed by atoms with E-state index >= 15 is 0 Å². The predicted molar refractivity (Wildman–Crippen MR) is 136 cm³/mol. The van der Waals surface area contributed by atoms with Gasteiger partial charge in [-0.2, -0.15) is 0 Å². The van der Waals surface area contributed by atoms with Crippen molar-refractivity contribution < 1.29 is 4.79 Å². The number of carbonyl (C=O) groups is 1. The highest BCUT2D eigenvalue weighted by molar-refractivity contribution is 6.39. The van der Waals surface area contributed by atoms with Crippen LogP contribution < -0.4 is 5.73 Å². The van der Waals surface area contributed by atoms with Gasteiger partial charge in [-0.05, 0) is 52.9 Å². The molecule has 0 radical (unpaired) electrons. The van der Waals surface area contributed by atoms with Crippen molar-refractivity contribution in [3.05, 3.63) is 41.5 Å². The van der Waals surface area contributed by atoms with Gasteiger partial charge in [-0.15, -0.1) is 11.6 Å². The zero-order valence-corrected chi connectivity index (χ0v) is 21.0. The summed E-state index contributed by atoms with van der Waals surface area (Å²) in [6.07, 6.45) is 4.98. The molecule has 3 aliphatic heterocycles. The number of halogens is 1. The molecule has 0 spiro atoms. The lowest BCUT2D eigenvalue weighted by Crippen LogP contribution is -2.51. The summed E-state index contributed by atoms with van der Waals surface area (Å²) in [5, 5.41) is 0.262. The highest BCUT2D eigenvalue weighted by Crippen LogP contribution is 2.45. The summed E-state index contributed by atoms with van der Waals surface area (Å²) in [6.45, 7) is 7.21. The summed E-state index contributed by atoms with van der Waals surface area (Å²) in [5.74, 6) is 1.25. The van der Waals surface area contributed by atoms with E-state index in [0.717, 1.165) is 53.8 Å². The maximum absolute atomic E-state index is 13.7. The van der Waals surface area contributed by atoms with E-state index in [-0.39, 0.29) is 11.8 Å². The number of piperidine rings is 1. The minimum atomic E-state index is -0.475. The minimum absolute atomic E-state index is 0.0456. The number of nitrogen functional groups attached to an aromatic ring is 1. The van der Waals surface area contributed by atoms with Crippen LogP contribution in [0, 0.1) is 5.92 Å². The SMILES string of the molecule is CN1CCC(C(=O)N2Cc3c(C4=Nc5ncccc5C4Cl)c4c(N)ncnc4n3C(C)(C)C2)CC1. The zero-order valence-electron chi connectivity index (χ0n) is 20.2. The number of nitrogens with zero attached hydrogens (tertiary/aromatic N) is 7. The number of hydrogen-bond acceptors (Lipinski definition) is 7. The quantitative estimate of drug-likeness (QED) is 0.550. The zero-order chi connectivity index (χ0) is 24.5. The maximum Gasteiger partial charge on any atom is 0.226 e. The Kier molecular flexibility index (Phi) is 5.12. The first-order chi connectivity index (χ1) is 16.8. The van der Waals surface area contributed by atoms with Crippen molar-refractivity contribution in [2.75, 3.05) is 32.4 Å². The molecule has 1 saturated heterocycles. The van der Waals surface area contributed by atoms with Crippen LogP contribution in [0.15, 0.2) is 29.6 Å². The van der Waals surface area contributed by atoms with Crippen molar-refractivity contribution in [2.24, 2.45) is 10.9 Å². The number of aliphatic imine (C=N–C) groups is 1. The van der Waals surface area contributed by atoms with Gasteiger partial charge in [0.1, 0.15) is 23.2 Å². The summed E-state index contributed by atoms with van der Waals surface area (Å²) in [7, 11) is 2.11. The molecule has 1 atom stereocenters. The van der Waals surface area contributed by atoms with Crippen LogP contribution >= 0.6 is 11.6 Å². The van der Waals surface area contributed by atoms with E-state index in [9.17, 15) is 4.79 Å². The first kappa shape index (κ1) is 22.4. The van der Waals surface area contributed by atoms with E-state index in [0.29, 0.717) is 30.4 Å². The second kappa shape index (κ2) is 7.99. The molecule has 3 aromatic rings. The van der Waals surface area contributed by atoms with Crippen LogP contribution in [0.1, 0.15) is 48.9 Å². The van der Waals surface area contributed by atoms with Crippen LogP contribution in [0.4, 0.5) is 11.6 Å². The molecule has 1 fully saturated rings. The highest BCUT2D eigenvalue weighted by atomic mass is 35.5. The maximum atomic E-state index is 13.7. The van der Waals surface area contributed by atoms with Crippen molar-refractivity contribution in [3.63, 3.8) is 0 Å². The summed E-state index contributed by atoms with van der Waals surface area (Å²) in [4.78, 5) is 36.2. The Balaban J connectivity index is 1.50. The lowest BCUT2D eigenvalue weighted by molar-refractivity contribution is -0.140. The molecule has 1 unspecified atom stereocenters. The number of alkyl halides is 1. The number of amides is 1. The third-order valence-electron chi connectivity index (χ3n) is 7.59. The molecule has 0 aromatic carbocycles. The fourth-order valence-electron chi connectivity index (χ4n) is 5.91. The van der Waals surface area contributed by atoms with Crippen molar-refractivity contribution in [2.45, 2.75) is 44.1 Å². The number of hydrogen-bond donors (Lipinski definition) is 1. The number of anilines is 1. The highest BCUT2D eigenvalue weighted by Gasteiger charge is 2.42. The van der Waals surface area contributed by atoms with Crippen molar-refractivity contribution in [3.8, 4) is 0 Å². The van der Waals surface area contributed by atoms with Crippen LogP contribution in [0.2, 0.25) is 0 Å². The van der Waals surface area contributed by atoms with Crippen molar-refractivity contribution in [1.82, 2.24) is 29.3 Å². The van der Waals surface area contributed by atoms with E-state index in [1.165, 1.54) is 6.33 Å². The Morgan fingerprint density at radius 2 is 1.97 bits per heavy atom. The second-order valence-electron chi connectivity index (χ2n) is 10.5. The van der Waals surface area contributed by atoms with Gasteiger partial charge in [0.2, 0.25) is 5.91 Å². The Morgan fingerprint density at radius 1 is 1.20 bits per heavy atom. The molecule has 0 saturated carbocycles. The van der Waals surface area contributed by atoms with Gasteiger partial charge >= 0.3 is 0 Å². The first-order valence-corrected chi connectivity index (χ1v) is 12.5. The summed E-state index contributed by atoms with van der Waals surface area (Å²) in [6, 6.07) is 3.81. The Bertz CT molecular complexity index is 1370. The van der Waals surface area contributed by atoms with Gasteiger partial charge in [0.05, 0.1) is 23.2 Å². The average Bonchev–Trinajstić information content (AvgIpc) is 3.35. The lowest BCUT2D eigenvalue weighted by Gasteiger charge is -2.43. The Labute approximate surface area is 209 Å². The molecule has 1 amide bonds. The molecular formula is C25H29ClN8O. The predicted octanol–water partition coefficient (Wildman–Crippen LogP) is 3.24. The number of nitrogens with two attached hydrogens (primary N) is 1. The molecule has 35 heavy (non-hydrogen) atoms. The molecule has 182 valence electrons. The number of rotatable bonds is 2. The second-order valence-corrected chi connectivity index (χ2v) is 10.9. The van der Waals surface area contributed by atoms with E-state index in [1.807, 2.05) is 17.0 Å². The normalized spacial score (nSPS) is 22.2. The van der Waals surface area contributed by atoms with Gasteiger partial charge in [0.25, 0.3) is 0 Å². The molecule has 2 N–H and O–H groups in total. The molecule has 6 heterocycles. The number of fused-ring (bicyclic) bond motifs is 4.